The van der Waals surface area contributed by atoms with Crippen molar-refractivity contribution in [3.63, 3.8) is 0 Å². The zero-order valence-electron chi connectivity index (χ0n) is 21.9. The Labute approximate surface area is 226 Å². The molecule has 1 amide bonds. The van der Waals surface area contributed by atoms with Crippen molar-refractivity contribution in [2.24, 2.45) is 0 Å². The summed E-state index contributed by atoms with van der Waals surface area (Å²) in [4.78, 5) is 22.7. The molecule has 1 aromatic heterocycles. The number of halogens is 4. The van der Waals surface area contributed by atoms with E-state index in [2.05, 4.69) is 15.2 Å². The maximum atomic E-state index is 13.0. The molecule has 0 aliphatic carbocycles. The Hall–Kier alpha value is -3.66. The molecule has 0 bridgehead atoms. The Bertz CT molecular complexity index is 1210. The van der Waals surface area contributed by atoms with Crippen LogP contribution in [0.4, 0.5) is 29.1 Å². The summed E-state index contributed by atoms with van der Waals surface area (Å²) in [5, 5.41) is 3.28. The Kier molecular flexibility index (Phi) is 9.40. The minimum absolute atomic E-state index is 0.0617. The maximum Gasteiger partial charge on any atom is 0.417 e. The maximum absolute atomic E-state index is 13.0. The number of piperazine rings is 1. The number of amides is 1. The lowest BCUT2D eigenvalue weighted by molar-refractivity contribution is -0.137. The van der Waals surface area contributed by atoms with Gasteiger partial charge >= 0.3 is 6.18 Å². The van der Waals surface area contributed by atoms with Crippen LogP contribution in [0.2, 0.25) is 0 Å². The van der Waals surface area contributed by atoms with Gasteiger partial charge in [-0.1, -0.05) is 30.3 Å². The number of nitrogens with one attached hydrogen (secondary N) is 1. The van der Waals surface area contributed by atoms with E-state index in [0.29, 0.717) is 64.5 Å². The number of nitrogens with zero attached hydrogens (tertiary/aromatic N) is 4. The van der Waals surface area contributed by atoms with Gasteiger partial charge in [-0.3, -0.25) is 4.79 Å². The number of hydrogen-bond donors (Lipinski definition) is 1. The molecular weight excluding hydrogens is 510 g/mol. The Morgan fingerprint density at radius 3 is 2.33 bits per heavy atom. The number of para-hydroxylation sites is 1. The van der Waals surface area contributed by atoms with E-state index in [1.807, 2.05) is 29.2 Å². The second-order valence-electron chi connectivity index (χ2n) is 9.66. The van der Waals surface area contributed by atoms with Crippen LogP contribution in [0.15, 0.2) is 66.9 Å². The molecule has 0 atom stereocenters. The zero-order chi connectivity index (χ0) is 27.8. The standard InChI is InChI=1S/C29H33F4N5O/c1-36(28(39)7-4-14-34-19-22-8-11-25(30)12-9-22)21-23-5-2-3-6-26(23)37-15-17-38(18-16-37)27-13-10-24(20-35-27)29(31,32)33/h2-3,5-6,8-13,20,34H,4,7,14-19,21H2,1H3. The van der Waals surface area contributed by atoms with Crippen molar-refractivity contribution in [3.05, 3.63) is 89.4 Å². The molecule has 1 aliphatic rings. The molecule has 39 heavy (non-hydrogen) atoms. The van der Waals surface area contributed by atoms with Gasteiger partial charge in [-0.25, -0.2) is 9.37 Å². The number of aromatic nitrogens is 1. The Balaban J connectivity index is 1.24. The molecule has 0 unspecified atom stereocenters. The number of hydrogen-bond acceptors (Lipinski definition) is 5. The lowest BCUT2D eigenvalue weighted by Gasteiger charge is -2.38. The van der Waals surface area contributed by atoms with E-state index in [1.54, 1.807) is 24.1 Å². The molecule has 0 radical (unpaired) electrons. The van der Waals surface area contributed by atoms with Gasteiger partial charge in [0.2, 0.25) is 5.91 Å². The molecule has 6 nitrogen and oxygen atoms in total. The van der Waals surface area contributed by atoms with E-state index in [4.69, 9.17) is 0 Å². The van der Waals surface area contributed by atoms with Gasteiger partial charge < -0.3 is 20.0 Å². The second-order valence-corrected chi connectivity index (χ2v) is 9.66. The third-order valence-corrected chi connectivity index (χ3v) is 6.83. The van der Waals surface area contributed by atoms with Crippen molar-refractivity contribution in [1.29, 1.82) is 0 Å². The third-order valence-electron chi connectivity index (χ3n) is 6.83. The van der Waals surface area contributed by atoms with E-state index in [9.17, 15) is 22.4 Å². The fraction of sp³-hybridized carbons (Fsp3) is 0.379. The number of carbonyl (C=O) groups is 1. The number of anilines is 2. The number of pyridine rings is 1. The van der Waals surface area contributed by atoms with Gasteiger partial charge in [-0.05, 0) is 54.4 Å². The van der Waals surface area contributed by atoms with E-state index < -0.39 is 11.7 Å². The van der Waals surface area contributed by atoms with E-state index in [-0.39, 0.29) is 11.7 Å². The summed E-state index contributed by atoms with van der Waals surface area (Å²) in [6, 6.07) is 16.8. The highest BCUT2D eigenvalue weighted by Gasteiger charge is 2.31. The highest BCUT2D eigenvalue weighted by atomic mass is 19.4. The van der Waals surface area contributed by atoms with Gasteiger partial charge in [-0.2, -0.15) is 13.2 Å². The van der Waals surface area contributed by atoms with Crippen molar-refractivity contribution in [1.82, 2.24) is 15.2 Å². The van der Waals surface area contributed by atoms with Crippen LogP contribution in [0.1, 0.15) is 29.5 Å². The fourth-order valence-corrected chi connectivity index (χ4v) is 4.60. The molecule has 208 valence electrons. The lowest BCUT2D eigenvalue weighted by Crippen LogP contribution is -2.47. The van der Waals surface area contributed by atoms with Crippen molar-refractivity contribution in [3.8, 4) is 0 Å². The normalized spacial score (nSPS) is 14.0. The van der Waals surface area contributed by atoms with Gasteiger partial charge in [-0.15, -0.1) is 0 Å². The van der Waals surface area contributed by atoms with Gasteiger partial charge in [0.1, 0.15) is 11.6 Å². The highest BCUT2D eigenvalue weighted by molar-refractivity contribution is 5.76. The van der Waals surface area contributed by atoms with Crippen molar-refractivity contribution in [2.75, 3.05) is 49.6 Å². The van der Waals surface area contributed by atoms with Gasteiger partial charge in [0, 0.05) is 64.6 Å². The average Bonchev–Trinajstić information content (AvgIpc) is 2.94. The van der Waals surface area contributed by atoms with Crippen LogP contribution in [0.3, 0.4) is 0 Å². The van der Waals surface area contributed by atoms with Crippen LogP contribution in [0, 0.1) is 5.82 Å². The van der Waals surface area contributed by atoms with Crippen LogP contribution in [0.5, 0.6) is 0 Å². The molecule has 0 saturated carbocycles. The number of carbonyl (C=O) groups excluding carboxylic acids is 1. The van der Waals surface area contributed by atoms with E-state index >= 15 is 0 Å². The van der Waals surface area contributed by atoms with Crippen molar-refractivity contribution < 1.29 is 22.4 Å². The first kappa shape index (κ1) is 28.4. The van der Waals surface area contributed by atoms with E-state index in [1.165, 1.54) is 18.2 Å². The largest absolute Gasteiger partial charge is 0.417 e. The summed E-state index contributed by atoms with van der Waals surface area (Å²) in [6.07, 6.45) is -2.39. The summed E-state index contributed by atoms with van der Waals surface area (Å²) >= 11 is 0. The van der Waals surface area contributed by atoms with Gasteiger partial charge in [0.05, 0.1) is 5.56 Å². The Morgan fingerprint density at radius 2 is 1.67 bits per heavy atom. The second kappa shape index (κ2) is 12.9. The zero-order valence-corrected chi connectivity index (χ0v) is 21.9. The number of alkyl halides is 3. The minimum Gasteiger partial charge on any atom is -0.368 e. The molecule has 1 saturated heterocycles. The average molecular weight is 544 g/mol. The first-order valence-electron chi connectivity index (χ1n) is 13.0. The van der Waals surface area contributed by atoms with Gasteiger partial charge in [0.25, 0.3) is 0 Å². The van der Waals surface area contributed by atoms with Crippen LogP contribution in [-0.4, -0.2) is 55.6 Å². The predicted octanol–water partition coefficient (Wildman–Crippen LogP) is 5.09. The first-order valence-corrected chi connectivity index (χ1v) is 13.0. The number of rotatable bonds is 10. The monoisotopic (exact) mass is 543 g/mol. The highest BCUT2D eigenvalue weighted by Crippen LogP contribution is 2.30. The molecule has 3 aromatic rings. The number of benzene rings is 2. The smallest absolute Gasteiger partial charge is 0.368 e. The van der Waals surface area contributed by atoms with Crippen LogP contribution < -0.4 is 15.1 Å². The molecule has 10 heteroatoms. The van der Waals surface area contributed by atoms with Crippen LogP contribution in [-0.2, 0) is 24.1 Å². The molecular formula is C29H33F4N5O. The summed E-state index contributed by atoms with van der Waals surface area (Å²) in [7, 11) is 1.80. The predicted molar refractivity (Wildman–Crippen MR) is 144 cm³/mol. The van der Waals surface area contributed by atoms with Crippen LogP contribution in [0.25, 0.3) is 0 Å². The summed E-state index contributed by atoms with van der Waals surface area (Å²) < 4.78 is 51.5. The minimum atomic E-state index is -4.40. The van der Waals surface area contributed by atoms with Gasteiger partial charge in [0.15, 0.2) is 0 Å². The molecule has 0 spiro atoms. The van der Waals surface area contributed by atoms with Crippen LogP contribution >= 0.6 is 0 Å². The molecule has 1 fully saturated rings. The van der Waals surface area contributed by atoms with Crippen molar-refractivity contribution in [2.45, 2.75) is 32.1 Å². The Morgan fingerprint density at radius 1 is 0.974 bits per heavy atom. The first-order chi connectivity index (χ1) is 18.7. The van der Waals surface area contributed by atoms with Crippen molar-refractivity contribution >= 4 is 17.4 Å². The lowest BCUT2D eigenvalue weighted by atomic mass is 10.1. The molecule has 2 heterocycles. The molecule has 4 rings (SSSR count). The topological polar surface area (TPSA) is 51.7 Å². The summed E-state index contributed by atoms with van der Waals surface area (Å²) in [6.45, 7) is 4.44. The van der Waals surface area contributed by atoms with E-state index in [0.717, 1.165) is 29.1 Å². The summed E-state index contributed by atoms with van der Waals surface area (Å²) in [5.41, 5.74) is 2.34. The summed E-state index contributed by atoms with van der Waals surface area (Å²) in [5.74, 6) is 0.340. The molecule has 1 N–H and O–H groups in total. The molecule has 1 aliphatic heterocycles. The quantitative estimate of drug-likeness (QED) is 0.285. The molecule has 2 aromatic carbocycles. The third kappa shape index (κ3) is 7.92. The SMILES string of the molecule is CN(Cc1ccccc1N1CCN(c2ccc(C(F)(F)F)cn2)CC1)C(=O)CCCNCc1ccc(F)cc1. The fourth-order valence-electron chi connectivity index (χ4n) is 4.60.